The molecule has 6 nitrogen and oxygen atoms in total. The van der Waals surface area contributed by atoms with Crippen molar-refractivity contribution in [3.63, 3.8) is 0 Å². The maximum Gasteiger partial charge on any atom is 0.341 e. The monoisotopic (exact) mass is 390 g/mol. The van der Waals surface area contributed by atoms with Crippen molar-refractivity contribution >= 4 is 30.0 Å². The van der Waals surface area contributed by atoms with Crippen molar-refractivity contribution in [3.05, 3.63) is 54.1 Å². The van der Waals surface area contributed by atoms with E-state index in [4.69, 9.17) is 9.47 Å². The summed E-state index contributed by atoms with van der Waals surface area (Å²) in [5, 5.41) is 5.99. The molecule has 27 heavy (non-hydrogen) atoms. The zero-order valence-electron chi connectivity index (χ0n) is 15.1. The van der Waals surface area contributed by atoms with Gasteiger partial charge in [-0.25, -0.2) is 4.79 Å². The van der Waals surface area contributed by atoms with E-state index in [9.17, 15) is 9.59 Å². The number of carbonyl (C=O) groups is 2. The van der Waals surface area contributed by atoms with Crippen molar-refractivity contribution in [2.45, 2.75) is 25.8 Å². The molecule has 1 aliphatic heterocycles. The van der Waals surface area contributed by atoms with Crippen LogP contribution in [0.4, 0.5) is 5.69 Å². The largest absolute Gasteiger partial charge is 0.460 e. The quantitative estimate of drug-likeness (QED) is 0.734. The number of amides is 1. The summed E-state index contributed by atoms with van der Waals surface area (Å²) in [4.78, 5) is 23.5. The molecule has 0 radical (unpaired) electrons. The summed E-state index contributed by atoms with van der Waals surface area (Å²) in [6.07, 6.45) is 2.13. The molecule has 144 valence electrons. The summed E-state index contributed by atoms with van der Waals surface area (Å²) in [6.45, 7) is 2.78. The summed E-state index contributed by atoms with van der Waals surface area (Å²) in [5.74, 6) is 0.466. The van der Waals surface area contributed by atoms with E-state index in [1.165, 1.54) is 6.92 Å². The average Bonchev–Trinajstić information content (AvgIpc) is 3.15. The Balaban J connectivity index is 0.00000261. The molecular weight excluding hydrogens is 368 g/mol. The Bertz CT molecular complexity index is 774. The van der Waals surface area contributed by atoms with Crippen molar-refractivity contribution in [2.24, 2.45) is 0 Å². The normalized spacial score (nSPS) is 15.5. The van der Waals surface area contributed by atoms with Gasteiger partial charge >= 0.3 is 5.97 Å². The van der Waals surface area contributed by atoms with Gasteiger partial charge in [0.05, 0.1) is 0 Å². The Hall–Kier alpha value is -2.57. The van der Waals surface area contributed by atoms with Gasteiger partial charge < -0.3 is 20.1 Å². The van der Waals surface area contributed by atoms with Gasteiger partial charge in [-0.05, 0) is 55.8 Å². The lowest BCUT2D eigenvalue weighted by molar-refractivity contribution is -0.114. The third kappa shape index (κ3) is 5.98. The van der Waals surface area contributed by atoms with Crippen molar-refractivity contribution in [1.82, 2.24) is 5.32 Å². The third-order valence-corrected chi connectivity index (χ3v) is 4.09. The summed E-state index contributed by atoms with van der Waals surface area (Å²) in [5.41, 5.74) is 1.07. The van der Waals surface area contributed by atoms with Gasteiger partial charge in [-0.15, -0.1) is 12.4 Å². The second kappa shape index (κ2) is 9.94. The van der Waals surface area contributed by atoms with Crippen LogP contribution in [0.2, 0.25) is 0 Å². The first-order chi connectivity index (χ1) is 12.6. The Morgan fingerprint density at radius 3 is 2.56 bits per heavy atom. The maximum atomic E-state index is 12.4. The van der Waals surface area contributed by atoms with Crippen LogP contribution in [-0.2, 0) is 9.53 Å². The van der Waals surface area contributed by atoms with Crippen LogP contribution in [0, 0.1) is 0 Å². The molecule has 3 rings (SSSR count). The molecule has 0 bridgehead atoms. The molecule has 1 heterocycles. The van der Waals surface area contributed by atoms with Gasteiger partial charge in [0.1, 0.15) is 23.7 Å². The molecule has 1 amide bonds. The topological polar surface area (TPSA) is 76.7 Å². The summed E-state index contributed by atoms with van der Waals surface area (Å²) in [6, 6.07) is 14.2. The summed E-state index contributed by atoms with van der Waals surface area (Å²) in [7, 11) is 0. The minimum atomic E-state index is -0.399. The fourth-order valence-electron chi connectivity index (χ4n) is 2.81. The average molecular weight is 391 g/mol. The summed E-state index contributed by atoms with van der Waals surface area (Å²) >= 11 is 0. The van der Waals surface area contributed by atoms with Crippen molar-refractivity contribution < 1.29 is 19.1 Å². The van der Waals surface area contributed by atoms with E-state index in [-0.39, 0.29) is 24.4 Å². The van der Waals surface area contributed by atoms with E-state index in [0.29, 0.717) is 29.4 Å². The van der Waals surface area contributed by atoms with E-state index in [1.807, 2.05) is 0 Å². The van der Waals surface area contributed by atoms with Crippen LogP contribution in [-0.4, -0.2) is 31.1 Å². The first-order valence-electron chi connectivity index (χ1n) is 8.67. The van der Waals surface area contributed by atoms with E-state index in [2.05, 4.69) is 10.6 Å². The predicted molar refractivity (Wildman–Crippen MR) is 106 cm³/mol. The molecule has 0 spiro atoms. The highest BCUT2D eigenvalue weighted by Gasteiger charge is 2.19. The van der Waals surface area contributed by atoms with Crippen LogP contribution in [0.25, 0.3) is 0 Å². The molecule has 1 atom stereocenters. The first kappa shape index (κ1) is 20.7. The van der Waals surface area contributed by atoms with Crippen LogP contribution in [0.5, 0.6) is 11.5 Å². The second-order valence-electron chi connectivity index (χ2n) is 6.20. The van der Waals surface area contributed by atoms with Gasteiger partial charge in [-0.3, -0.25) is 4.79 Å². The minimum Gasteiger partial charge on any atom is -0.460 e. The molecule has 0 saturated carbocycles. The molecule has 2 aromatic rings. The SMILES string of the molecule is CC(=O)Nc1ccc(Oc2ccccc2C(=O)OCC2CCCN2)cc1.Cl. The van der Waals surface area contributed by atoms with Crippen LogP contribution >= 0.6 is 12.4 Å². The Labute approximate surface area is 164 Å². The number of rotatable bonds is 6. The lowest BCUT2D eigenvalue weighted by Gasteiger charge is -2.13. The van der Waals surface area contributed by atoms with Crippen LogP contribution in [0.3, 0.4) is 0 Å². The van der Waals surface area contributed by atoms with E-state index in [1.54, 1.807) is 48.5 Å². The van der Waals surface area contributed by atoms with Gasteiger partial charge in [0.25, 0.3) is 0 Å². The number of nitrogens with one attached hydrogen (secondary N) is 2. The smallest absolute Gasteiger partial charge is 0.341 e. The molecule has 2 aromatic carbocycles. The molecule has 7 heteroatoms. The molecule has 1 saturated heterocycles. The van der Waals surface area contributed by atoms with Crippen molar-refractivity contribution in [2.75, 3.05) is 18.5 Å². The molecule has 2 N–H and O–H groups in total. The van der Waals surface area contributed by atoms with Gasteiger partial charge in [-0.2, -0.15) is 0 Å². The molecule has 0 aliphatic carbocycles. The minimum absolute atomic E-state index is 0. The number of ether oxygens (including phenoxy) is 2. The molecule has 1 fully saturated rings. The Kier molecular flexibility index (Phi) is 7.64. The number of esters is 1. The number of anilines is 1. The predicted octanol–water partition coefficient (Wildman–Crippen LogP) is 3.77. The highest BCUT2D eigenvalue weighted by molar-refractivity contribution is 5.92. The fraction of sp³-hybridized carbons (Fsp3) is 0.300. The van der Waals surface area contributed by atoms with Crippen molar-refractivity contribution in [3.8, 4) is 11.5 Å². The first-order valence-corrected chi connectivity index (χ1v) is 8.67. The summed E-state index contributed by atoms with van der Waals surface area (Å²) < 4.78 is 11.3. The second-order valence-corrected chi connectivity index (χ2v) is 6.20. The van der Waals surface area contributed by atoms with Gasteiger partial charge in [0.2, 0.25) is 5.91 Å². The molecule has 1 unspecified atom stereocenters. The Morgan fingerprint density at radius 1 is 1.15 bits per heavy atom. The molecule has 1 aliphatic rings. The van der Waals surface area contributed by atoms with Crippen LogP contribution in [0.1, 0.15) is 30.1 Å². The van der Waals surface area contributed by atoms with Gasteiger partial charge in [0.15, 0.2) is 0 Å². The number of benzene rings is 2. The van der Waals surface area contributed by atoms with Crippen LogP contribution < -0.4 is 15.4 Å². The lowest BCUT2D eigenvalue weighted by atomic mass is 10.2. The third-order valence-electron chi connectivity index (χ3n) is 4.09. The number of para-hydroxylation sites is 1. The Morgan fingerprint density at radius 2 is 1.89 bits per heavy atom. The van der Waals surface area contributed by atoms with E-state index < -0.39 is 5.97 Å². The van der Waals surface area contributed by atoms with E-state index >= 15 is 0 Å². The lowest BCUT2D eigenvalue weighted by Crippen LogP contribution is -2.28. The highest BCUT2D eigenvalue weighted by atomic mass is 35.5. The van der Waals surface area contributed by atoms with E-state index in [0.717, 1.165) is 19.4 Å². The zero-order chi connectivity index (χ0) is 18.4. The number of hydrogen-bond acceptors (Lipinski definition) is 5. The molecule has 0 aromatic heterocycles. The van der Waals surface area contributed by atoms with Crippen molar-refractivity contribution in [1.29, 1.82) is 0 Å². The fourth-order valence-corrected chi connectivity index (χ4v) is 2.81. The maximum absolute atomic E-state index is 12.4. The van der Waals surface area contributed by atoms with Crippen LogP contribution in [0.15, 0.2) is 48.5 Å². The zero-order valence-corrected chi connectivity index (χ0v) is 15.9. The highest BCUT2D eigenvalue weighted by Crippen LogP contribution is 2.27. The standard InChI is InChI=1S/C20H22N2O4.ClH/c1-14(23)22-15-8-10-17(11-9-15)26-19-7-3-2-6-18(19)20(24)25-13-16-5-4-12-21-16;/h2-3,6-11,16,21H,4-5,12-13H2,1H3,(H,22,23);1H. The molecular formula is C20H23ClN2O4. The number of carbonyl (C=O) groups excluding carboxylic acids is 2. The number of hydrogen-bond donors (Lipinski definition) is 2. The van der Waals surface area contributed by atoms with Gasteiger partial charge in [0, 0.05) is 18.7 Å². The number of halogens is 1. The van der Waals surface area contributed by atoms with Gasteiger partial charge in [-0.1, -0.05) is 12.1 Å².